The van der Waals surface area contributed by atoms with E-state index in [0.29, 0.717) is 0 Å². The molecule has 0 atom stereocenters. The Labute approximate surface area is 121 Å². The Hall–Kier alpha value is -1.35. The molecule has 20 heavy (non-hydrogen) atoms. The van der Waals surface area contributed by atoms with Gasteiger partial charge in [-0.1, -0.05) is 12.1 Å². The first kappa shape index (κ1) is 13.6. The molecule has 0 N–H and O–H groups in total. The minimum absolute atomic E-state index is 0.167. The average molecular weight is 272 g/mol. The predicted octanol–water partition coefficient (Wildman–Crippen LogP) is 2.48. The lowest BCUT2D eigenvalue weighted by atomic mass is 9.90. The molecule has 0 aliphatic carbocycles. The Morgan fingerprint density at radius 3 is 2.70 bits per heavy atom. The van der Waals surface area contributed by atoms with E-state index in [1.54, 1.807) is 6.92 Å². The molecule has 0 spiro atoms. The second-order valence-corrected chi connectivity index (χ2v) is 6.33. The fourth-order valence-corrected chi connectivity index (χ4v) is 3.48. The van der Waals surface area contributed by atoms with E-state index >= 15 is 0 Å². The van der Waals surface area contributed by atoms with E-state index in [1.165, 1.54) is 37.1 Å². The third-order valence-electron chi connectivity index (χ3n) is 4.79. The van der Waals surface area contributed by atoms with E-state index in [4.69, 9.17) is 0 Å². The molecule has 2 heterocycles. The molecular weight excluding hydrogens is 248 g/mol. The summed E-state index contributed by atoms with van der Waals surface area (Å²) in [5, 5.41) is 0. The molecular formula is C17H24N2O. The van der Waals surface area contributed by atoms with Gasteiger partial charge in [-0.3, -0.25) is 4.79 Å². The van der Waals surface area contributed by atoms with Crippen LogP contribution < -0.4 is 4.90 Å². The van der Waals surface area contributed by atoms with E-state index in [2.05, 4.69) is 30.1 Å². The second-order valence-electron chi connectivity index (χ2n) is 6.33. The van der Waals surface area contributed by atoms with Gasteiger partial charge in [0.25, 0.3) is 0 Å². The van der Waals surface area contributed by atoms with Crippen LogP contribution in [-0.4, -0.2) is 37.5 Å². The van der Waals surface area contributed by atoms with E-state index in [1.807, 2.05) is 4.90 Å². The number of fused-ring (bicyclic) bond motifs is 1. The summed E-state index contributed by atoms with van der Waals surface area (Å²) in [6, 6.07) is 6.74. The van der Waals surface area contributed by atoms with Gasteiger partial charge in [0, 0.05) is 19.2 Å². The SMILES string of the molecule is CC(=O)N1CCc2ccc(CC3CCN(C)CC3)cc21. The van der Waals surface area contributed by atoms with E-state index in [-0.39, 0.29) is 5.91 Å². The molecule has 1 aromatic rings. The molecule has 2 aliphatic rings. The van der Waals surface area contributed by atoms with Gasteiger partial charge in [0.05, 0.1) is 0 Å². The molecule has 0 bridgehead atoms. The van der Waals surface area contributed by atoms with Gasteiger partial charge in [0.15, 0.2) is 0 Å². The Morgan fingerprint density at radius 1 is 1.25 bits per heavy atom. The number of hydrogen-bond acceptors (Lipinski definition) is 2. The molecule has 2 aliphatic heterocycles. The quantitative estimate of drug-likeness (QED) is 0.826. The minimum atomic E-state index is 0.167. The normalized spacial score (nSPS) is 20.2. The summed E-state index contributed by atoms with van der Waals surface area (Å²) in [7, 11) is 2.20. The fourth-order valence-electron chi connectivity index (χ4n) is 3.48. The number of benzene rings is 1. The second kappa shape index (κ2) is 5.57. The van der Waals surface area contributed by atoms with Gasteiger partial charge < -0.3 is 9.80 Å². The van der Waals surface area contributed by atoms with Crippen molar-refractivity contribution in [2.24, 2.45) is 5.92 Å². The van der Waals surface area contributed by atoms with Crippen molar-refractivity contribution >= 4 is 11.6 Å². The average Bonchev–Trinajstić information content (AvgIpc) is 2.84. The van der Waals surface area contributed by atoms with Crippen LogP contribution in [0.1, 0.15) is 30.9 Å². The molecule has 0 radical (unpaired) electrons. The molecule has 1 saturated heterocycles. The van der Waals surface area contributed by atoms with Crippen LogP contribution in [0.15, 0.2) is 18.2 Å². The number of carbonyl (C=O) groups is 1. The van der Waals surface area contributed by atoms with Crippen LogP contribution in [-0.2, 0) is 17.6 Å². The lowest BCUT2D eigenvalue weighted by molar-refractivity contribution is -0.116. The molecule has 1 fully saturated rings. The number of carbonyl (C=O) groups excluding carboxylic acids is 1. The molecule has 1 aromatic carbocycles. The van der Waals surface area contributed by atoms with Crippen molar-refractivity contribution in [3.63, 3.8) is 0 Å². The highest BCUT2D eigenvalue weighted by atomic mass is 16.2. The van der Waals surface area contributed by atoms with Crippen LogP contribution in [0.5, 0.6) is 0 Å². The van der Waals surface area contributed by atoms with Gasteiger partial charge >= 0.3 is 0 Å². The van der Waals surface area contributed by atoms with Gasteiger partial charge in [0.1, 0.15) is 0 Å². The lowest BCUT2D eigenvalue weighted by Crippen LogP contribution is -2.31. The predicted molar refractivity (Wildman–Crippen MR) is 82.1 cm³/mol. The molecule has 3 heteroatoms. The highest BCUT2D eigenvalue weighted by molar-refractivity contribution is 5.93. The highest BCUT2D eigenvalue weighted by Gasteiger charge is 2.23. The minimum Gasteiger partial charge on any atom is -0.312 e. The van der Waals surface area contributed by atoms with Crippen molar-refractivity contribution < 1.29 is 4.79 Å². The monoisotopic (exact) mass is 272 g/mol. The Bertz CT molecular complexity index is 504. The lowest BCUT2D eigenvalue weighted by Gasteiger charge is -2.29. The largest absolute Gasteiger partial charge is 0.312 e. The van der Waals surface area contributed by atoms with Crippen LogP contribution in [0.4, 0.5) is 5.69 Å². The summed E-state index contributed by atoms with van der Waals surface area (Å²) in [5.74, 6) is 0.969. The maximum absolute atomic E-state index is 11.7. The first-order valence-electron chi connectivity index (χ1n) is 7.72. The van der Waals surface area contributed by atoms with Gasteiger partial charge in [-0.2, -0.15) is 0 Å². The molecule has 1 amide bonds. The smallest absolute Gasteiger partial charge is 0.223 e. The molecule has 0 unspecified atom stereocenters. The summed E-state index contributed by atoms with van der Waals surface area (Å²) in [6.45, 7) is 4.95. The Balaban J connectivity index is 1.72. The maximum atomic E-state index is 11.7. The zero-order valence-electron chi connectivity index (χ0n) is 12.6. The third kappa shape index (κ3) is 2.73. The van der Waals surface area contributed by atoms with Crippen LogP contribution in [0, 0.1) is 5.92 Å². The number of hydrogen-bond donors (Lipinski definition) is 0. The standard InChI is InChI=1S/C17H24N2O/c1-13(20)19-10-7-16-4-3-15(12-17(16)19)11-14-5-8-18(2)9-6-14/h3-4,12,14H,5-11H2,1-2H3. The van der Waals surface area contributed by atoms with E-state index < -0.39 is 0 Å². The number of nitrogens with zero attached hydrogens (tertiary/aromatic N) is 2. The summed E-state index contributed by atoms with van der Waals surface area (Å²) in [6.07, 6.45) is 4.75. The topological polar surface area (TPSA) is 23.6 Å². The van der Waals surface area contributed by atoms with Crippen molar-refractivity contribution in [3.8, 4) is 0 Å². The first-order valence-corrected chi connectivity index (χ1v) is 7.72. The van der Waals surface area contributed by atoms with Crippen molar-refractivity contribution in [2.75, 3.05) is 31.6 Å². The summed E-state index contributed by atoms with van der Waals surface area (Å²) < 4.78 is 0. The van der Waals surface area contributed by atoms with E-state index in [9.17, 15) is 4.79 Å². The van der Waals surface area contributed by atoms with Crippen molar-refractivity contribution in [1.29, 1.82) is 0 Å². The van der Waals surface area contributed by atoms with Crippen LogP contribution in [0.3, 0.4) is 0 Å². The number of rotatable bonds is 2. The van der Waals surface area contributed by atoms with Crippen molar-refractivity contribution in [3.05, 3.63) is 29.3 Å². The zero-order valence-corrected chi connectivity index (χ0v) is 12.6. The molecule has 3 nitrogen and oxygen atoms in total. The molecule has 3 rings (SSSR count). The summed E-state index contributed by atoms with van der Waals surface area (Å²) in [5.41, 5.74) is 3.88. The Kier molecular flexibility index (Phi) is 3.79. The number of anilines is 1. The molecule has 0 aromatic heterocycles. The van der Waals surface area contributed by atoms with Crippen LogP contribution >= 0.6 is 0 Å². The van der Waals surface area contributed by atoms with Crippen molar-refractivity contribution in [2.45, 2.75) is 32.6 Å². The molecule has 108 valence electrons. The zero-order chi connectivity index (χ0) is 14.1. The Morgan fingerprint density at radius 2 is 2.00 bits per heavy atom. The van der Waals surface area contributed by atoms with Crippen LogP contribution in [0.2, 0.25) is 0 Å². The third-order valence-corrected chi connectivity index (χ3v) is 4.79. The first-order chi connectivity index (χ1) is 9.63. The fraction of sp³-hybridized carbons (Fsp3) is 0.588. The number of piperidine rings is 1. The summed E-state index contributed by atoms with van der Waals surface area (Å²) >= 11 is 0. The maximum Gasteiger partial charge on any atom is 0.223 e. The number of amides is 1. The summed E-state index contributed by atoms with van der Waals surface area (Å²) in [4.78, 5) is 16.0. The van der Waals surface area contributed by atoms with Crippen LogP contribution in [0.25, 0.3) is 0 Å². The van der Waals surface area contributed by atoms with Gasteiger partial charge in [-0.25, -0.2) is 0 Å². The highest BCUT2D eigenvalue weighted by Crippen LogP contribution is 2.31. The molecule has 0 saturated carbocycles. The van der Waals surface area contributed by atoms with Gasteiger partial charge in [-0.05, 0) is 68.9 Å². The van der Waals surface area contributed by atoms with E-state index in [0.717, 1.165) is 31.0 Å². The van der Waals surface area contributed by atoms with Crippen molar-refractivity contribution in [1.82, 2.24) is 4.90 Å². The number of likely N-dealkylation sites (tertiary alicyclic amines) is 1. The van der Waals surface area contributed by atoms with Gasteiger partial charge in [0.2, 0.25) is 5.91 Å². The van der Waals surface area contributed by atoms with Gasteiger partial charge in [-0.15, -0.1) is 0 Å².